The summed E-state index contributed by atoms with van der Waals surface area (Å²) in [7, 11) is 3.33. The second kappa shape index (κ2) is 7.58. The van der Waals surface area contributed by atoms with Crippen molar-refractivity contribution in [3.63, 3.8) is 0 Å². The van der Waals surface area contributed by atoms with Crippen LogP contribution in [0.3, 0.4) is 0 Å². The summed E-state index contributed by atoms with van der Waals surface area (Å²) in [5.74, 6) is 2.13. The molecule has 0 saturated heterocycles. The molecule has 0 fully saturated rings. The topological polar surface area (TPSA) is 30.5 Å². The molecule has 3 nitrogen and oxygen atoms in total. The zero-order chi connectivity index (χ0) is 15.1. The number of nitrogens with one attached hydrogen (secondary N) is 1. The molecule has 3 heteroatoms. The van der Waals surface area contributed by atoms with E-state index in [0.29, 0.717) is 5.92 Å². The van der Waals surface area contributed by atoms with Gasteiger partial charge in [0.25, 0.3) is 0 Å². The van der Waals surface area contributed by atoms with Gasteiger partial charge < -0.3 is 14.8 Å². The highest BCUT2D eigenvalue weighted by Gasteiger charge is 2.05. The fourth-order valence-corrected chi connectivity index (χ4v) is 2.29. The van der Waals surface area contributed by atoms with Crippen LogP contribution in [-0.2, 0) is 0 Å². The van der Waals surface area contributed by atoms with E-state index < -0.39 is 0 Å². The molecule has 112 valence electrons. The molecule has 0 aliphatic rings. The Labute approximate surface area is 126 Å². The summed E-state index contributed by atoms with van der Waals surface area (Å²) in [5.41, 5.74) is 2.40. The molecule has 0 aliphatic carbocycles. The Bertz CT molecular complexity index is 532. The third-order valence-corrected chi connectivity index (χ3v) is 3.63. The summed E-state index contributed by atoms with van der Waals surface area (Å²) in [4.78, 5) is 0. The Hall–Kier alpha value is -2.16. The summed E-state index contributed by atoms with van der Waals surface area (Å²) >= 11 is 0. The molecule has 1 unspecified atom stereocenters. The molecule has 0 aliphatic heterocycles. The Morgan fingerprint density at radius 2 is 1.57 bits per heavy atom. The van der Waals surface area contributed by atoms with Crippen molar-refractivity contribution in [2.24, 2.45) is 0 Å². The molecule has 0 radical (unpaired) electrons. The molecule has 0 bridgehead atoms. The number of rotatable bonds is 7. The van der Waals surface area contributed by atoms with Gasteiger partial charge in [-0.1, -0.05) is 37.3 Å². The summed E-state index contributed by atoms with van der Waals surface area (Å²) in [6, 6.07) is 16.4. The predicted molar refractivity (Wildman–Crippen MR) is 87.5 cm³/mol. The van der Waals surface area contributed by atoms with E-state index in [1.807, 2.05) is 18.2 Å². The SMILES string of the molecule is COc1cc(NCCC(C)c2ccccc2)cc(OC)c1. The molecule has 0 saturated carbocycles. The van der Waals surface area contributed by atoms with Gasteiger partial charge >= 0.3 is 0 Å². The van der Waals surface area contributed by atoms with Crippen LogP contribution in [0.15, 0.2) is 48.5 Å². The van der Waals surface area contributed by atoms with E-state index in [1.165, 1.54) is 5.56 Å². The maximum atomic E-state index is 5.27. The van der Waals surface area contributed by atoms with Crippen molar-refractivity contribution >= 4 is 5.69 Å². The number of anilines is 1. The highest BCUT2D eigenvalue weighted by Crippen LogP contribution is 2.26. The van der Waals surface area contributed by atoms with Crippen LogP contribution in [-0.4, -0.2) is 20.8 Å². The second-order valence-electron chi connectivity index (χ2n) is 5.13. The summed E-state index contributed by atoms with van der Waals surface area (Å²) in [6.07, 6.45) is 1.07. The first kappa shape index (κ1) is 15.2. The van der Waals surface area contributed by atoms with Gasteiger partial charge in [0.05, 0.1) is 14.2 Å². The van der Waals surface area contributed by atoms with E-state index in [0.717, 1.165) is 30.2 Å². The van der Waals surface area contributed by atoms with Crippen LogP contribution in [0, 0.1) is 0 Å². The number of methoxy groups -OCH3 is 2. The lowest BCUT2D eigenvalue weighted by Gasteiger charge is -2.14. The minimum Gasteiger partial charge on any atom is -0.497 e. The van der Waals surface area contributed by atoms with Crippen LogP contribution in [0.1, 0.15) is 24.8 Å². The smallest absolute Gasteiger partial charge is 0.124 e. The van der Waals surface area contributed by atoms with Gasteiger partial charge in [0.15, 0.2) is 0 Å². The summed E-state index contributed by atoms with van der Waals surface area (Å²) in [5, 5.41) is 3.43. The van der Waals surface area contributed by atoms with Crippen molar-refractivity contribution in [1.29, 1.82) is 0 Å². The Kier molecular flexibility index (Phi) is 5.50. The van der Waals surface area contributed by atoms with Crippen LogP contribution >= 0.6 is 0 Å². The summed E-state index contributed by atoms with van der Waals surface area (Å²) < 4.78 is 10.5. The molecule has 0 amide bonds. The third-order valence-electron chi connectivity index (χ3n) is 3.63. The van der Waals surface area contributed by atoms with Gasteiger partial charge in [-0.25, -0.2) is 0 Å². The first-order valence-electron chi connectivity index (χ1n) is 7.25. The highest BCUT2D eigenvalue weighted by molar-refractivity contribution is 5.53. The molecule has 2 aromatic rings. The fourth-order valence-electron chi connectivity index (χ4n) is 2.29. The van der Waals surface area contributed by atoms with Gasteiger partial charge in [0, 0.05) is 30.4 Å². The van der Waals surface area contributed by atoms with Gasteiger partial charge in [-0.3, -0.25) is 0 Å². The van der Waals surface area contributed by atoms with Crippen molar-refractivity contribution in [3.05, 3.63) is 54.1 Å². The van der Waals surface area contributed by atoms with Crippen molar-refractivity contribution < 1.29 is 9.47 Å². The second-order valence-corrected chi connectivity index (χ2v) is 5.13. The van der Waals surface area contributed by atoms with Crippen LogP contribution in [0.5, 0.6) is 11.5 Å². The largest absolute Gasteiger partial charge is 0.497 e. The van der Waals surface area contributed by atoms with Crippen molar-refractivity contribution in [3.8, 4) is 11.5 Å². The maximum Gasteiger partial charge on any atom is 0.124 e. The molecule has 1 N–H and O–H groups in total. The lowest BCUT2D eigenvalue weighted by molar-refractivity contribution is 0.394. The van der Waals surface area contributed by atoms with Crippen LogP contribution in [0.2, 0.25) is 0 Å². The van der Waals surface area contributed by atoms with Crippen molar-refractivity contribution in [2.75, 3.05) is 26.1 Å². The molecular formula is C18H23NO2. The number of hydrogen-bond acceptors (Lipinski definition) is 3. The Morgan fingerprint density at radius 3 is 2.14 bits per heavy atom. The average Bonchev–Trinajstić information content (AvgIpc) is 2.55. The van der Waals surface area contributed by atoms with Gasteiger partial charge in [-0.05, 0) is 17.9 Å². The third kappa shape index (κ3) is 4.42. The van der Waals surface area contributed by atoms with Gasteiger partial charge in [0.2, 0.25) is 0 Å². The first-order valence-corrected chi connectivity index (χ1v) is 7.25. The Balaban J connectivity index is 1.91. The zero-order valence-electron chi connectivity index (χ0n) is 12.9. The summed E-state index contributed by atoms with van der Waals surface area (Å²) in [6.45, 7) is 3.16. The maximum absolute atomic E-state index is 5.27. The quantitative estimate of drug-likeness (QED) is 0.822. The van der Waals surface area contributed by atoms with E-state index in [1.54, 1.807) is 14.2 Å². The normalized spacial score (nSPS) is 11.8. The van der Waals surface area contributed by atoms with Crippen molar-refractivity contribution in [1.82, 2.24) is 0 Å². The number of ether oxygens (including phenoxy) is 2. The minimum absolute atomic E-state index is 0.534. The van der Waals surface area contributed by atoms with Crippen LogP contribution in [0.25, 0.3) is 0 Å². The molecule has 0 aromatic heterocycles. The molecule has 21 heavy (non-hydrogen) atoms. The van der Waals surface area contributed by atoms with Crippen molar-refractivity contribution in [2.45, 2.75) is 19.3 Å². The van der Waals surface area contributed by atoms with E-state index in [-0.39, 0.29) is 0 Å². The van der Waals surface area contributed by atoms with Crippen LogP contribution < -0.4 is 14.8 Å². The molecule has 2 aromatic carbocycles. The highest BCUT2D eigenvalue weighted by atomic mass is 16.5. The van der Waals surface area contributed by atoms with Gasteiger partial charge in [0.1, 0.15) is 11.5 Å². The van der Waals surface area contributed by atoms with E-state index in [9.17, 15) is 0 Å². The van der Waals surface area contributed by atoms with E-state index >= 15 is 0 Å². The number of benzene rings is 2. The number of hydrogen-bond donors (Lipinski definition) is 1. The van der Waals surface area contributed by atoms with E-state index in [2.05, 4.69) is 42.6 Å². The fraction of sp³-hybridized carbons (Fsp3) is 0.333. The average molecular weight is 285 g/mol. The standard InChI is InChI=1S/C18H23NO2/c1-14(15-7-5-4-6-8-15)9-10-19-16-11-17(20-2)13-18(12-16)21-3/h4-8,11-14,19H,9-10H2,1-3H3. The lowest BCUT2D eigenvalue weighted by Crippen LogP contribution is -2.06. The molecular weight excluding hydrogens is 262 g/mol. The van der Waals surface area contributed by atoms with Gasteiger partial charge in [-0.2, -0.15) is 0 Å². The lowest BCUT2D eigenvalue weighted by atomic mass is 9.98. The molecule has 0 heterocycles. The molecule has 2 rings (SSSR count). The van der Waals surface area contributed by atoms with Gasteiger partial charge in [-0.15, -0.1) is 0 Å². The molecule has 1 atom stereocenters. The monoisotopic (exact) mass is 285 g/mol. The zero-order valence-corrected chi connectivity index (χ0v) is 12.9. The van der Waals surface area contributed by atoms with Crippen LogP contribution in [0.4, 0.5) is 5.69 Å². The van der Waals surface area contributed by atoms with E-state index in [4.69, 9.17) is 9.47 Å². The predicted octanol–water partition coefficient (Wildman–Crippen LogP) is 4.31. The Morgan fingerprint density at radius 1 is 0.952 bits per heavy atom. The molecule has 0 spiro atoms. The first-order chi connectivity index (χ1) is 10.2. The minimum atomic E-state index is 0.534.